The molecule has 0 saturated heterocycles. The van der Waals surface area contributed by atoms with Gasteiger partial charge in [-0.2, -0.15) is 0 Å². The predicted molar refractivity (Wildman–Crippen MR) is 89.5 cm³/mol. The number of nitrogens with zero attached hydrogens (tertiary/aromatic N) is 1. The first-order valence-corrected chi connectivity index (χ1v) is 9.68. The van der Waals surface area contributed by atoms with E-state index < -0.39 is 0 Å². The largest absolute Gasteiger partial charge is 0.362 e. The van der Waals surface area contributed by atoms with Crippen LogP contribution in [0.25, 0.3) is 0 Å². The van der Waals surface area contributed by atoms with Gasteiger partial charge in [-0.05, 0) is 43.4 Å². The molecule has 0 aromatic rings. The highest BCUT2D eigenvalue weighted by Crippen LogP contribution is 2.41. The Labute approximate surface area is 128 Å². The zero-order valence-corrected chi connectivity index (χ0v) is 13.8. The number of hydrogen-bond acceptors (Lipinski definition) is 3. The summed E-state index contributed by atoms with van der Waals surface area (Å²) in [4.78, 5) is 4.92. The maximum atomic E-state index is 4.92. The second-order valence-electron chi connectivity index (χ2n) is 7.43. The van der Waals surface area contributed by atoms with Gasteiger partial charge in [-0.1, -0.05) is 50.8 Å². The summed E-state index contributed by atoms with van der Waals surface area (Å²) in [5, 5.41) is 5.00. The highest BCUT2D eigenvalue weighted by Gasteiger charge is 2.35. The molecule has 0 amide bonds. The molecule has 1 aliphatic heterocycles. The Morgan fingerprint density at radius 3 is 2.65 bits per heavy atom. The van der Waals surface area contributed by atoms with Crippen molar-refractivity contribution in [2.45, 2.75) is 77.2 Å². The molecule has 3 heteroatoms. The van der Waals surface area contributed by atoms with Gasteiger partial charge in [-0.25, -0.2) is 0 Å². The van der Waals surface area contributed by atoms with E-state index in [1.165, 1.54) is 75.1 Å². The highest BCUT2D eigenvalue weighted by atomic mass is 32.2. The van der Waals surface area contributed by atoms with Gasteiger partial charge in [0, 0.05) is 18.3 Å². The van der Waals surface area contributed by atoms with Gasteiger partial charge >= 0.3 is 0 Å². The summed E-state index contributed by atoms with van der Waals surface area (Å²) in [6.45, 7) is 3.49. The maximum Gasteiger partial charge on any atom is 0.156 e. The minimum absolute atomic E-state index is 0.562. The van der Waals surface area contributed by atoms with Crippen molar-refractivity contribution < 1.29 is 0 Å². The topological polar surface area (TPSA) is 24.4 Å². The number of hydrogen-bond donors (Lipinski definition) is 1. The van der Waals surface area contributed by atoms with Crippen LogP contribution in [-0.4, -0.2) is 23.5 Å². The lowest BCUT2D eigenvalue weighted by Crippen LogP contribution is -2.40. The SMILES string of the molecule is CC1CCCC(NC2=NCC3(CCCCC3)CS2)CC1. The first-order chi connectivity index (χ1) is 9.76. The molecule has 3 rings (SSSR count). The Balaban J connectivity index is 1.51. The van der Waals surface area contributed by atoms with Crippen molar-refractivity contribution in [2.24, 2.45) is 16.3 Å². The standard InChI is InChI=1S/C17H30N2S/c1-14-6-5-7-15(9-8-14)19-16-18-12-17(13-20-16)10-3-2-4-11-17/h14-15H,2-13H2,1H3,(H,18,19). The molecule has 2 fully saturated rings. The van der Waals surface area contributed by atoms with Gasteiger partial charge in [0.05, 0.1) is 0 Å². The maximum absolute atomic E-state index is 4.92. The summed E-state index contributed by atoms with van der Waals surface area (Å²) in [5.41, 5.74) is 0.562. The van der Waals surface area contributed by atoms with Gasteiger partial charge in [0.1, 0.15) is 0 Å². The lowest BCUT2D eigenvalue weighted by Gasteiger charge is -2.38. The van der Waals surface area contributed by atoms with E-state index >= 15 is 0 Å². The zero-order chi connectivity index (χ0) is 13.8. The summed E-state index contributed by atoms with van der Waals surface area (Å²) >= 11 is 2.01. The van der Waals surface area contributed by atoms with E-state index in [9.17, 15) is 0 Å². The van der Waals surface area contributed by atoms with Crippen LogP contribution < -0.4 is 5.32 Å². The molecule has 1 N–H and O–H groups in total. The van der Waals surface area contributed by atoms with Crippen LogP contribution in [0.15, 0.2) is 4.99 Å². The van der Waals surface area contributed by atoms with E-state index in [0.717, 1.165) is 12.5 Å². The number of nitrogens with one attached hydrogen (secondary N) is 1. The van der Waals surface area contributed by atoms with Gasteiger partial charge in [0.15, 0.2) is 5.17 Å². The Hall–Kier alpha value is -0.180. The van der Waals surface area contributed by atoms with Crippen molar-refractivity contribution in [3.8, 4) is 0 Å². The van der Waals surface area contributed by atoms with Gasteiger partial charge < -0.3 is 5.32 Å². The van der Waals surface area contributed by atoms with E-state index in [0.29, 0.717) is 11.5 Å². The first kappa shape index (κ1) is 14.7. The molecule has 2 unspecified atom stereocenters. The normalized spacial score (nSPS) is 34.4. The van der Waals surface area contributed by atoms with E-state index in [4.69, 9.17) is 4.99 Å². The second-order valence-corrected chi connectivity index (χ2v) is 8.39. The fourth-order valence-corrected chi connectivity index (χ4v) is 5.28. The average Bonchev–Trinajstić information content (AvgIpc) is 2.68. The van der Waals surface area contributed by atoms with Crippen LogP contribution >= 0.6 is 11.8 Å². The summed E-state index contributed by atoms with van der Waals surface area (Å²) in [6.07, 6.45) is 14.0. The molecule has 0 aromatic carbocycles. The second kappa shape index (κ2) is 6.72. The van der Waals surface area contributed by atoms with Crippen LogP contribution in [0.1, 0.15) is 71.1 Å². The molecule has 2 nitrogen and oxygen atoms in total. The third-order valence-electron chi connectivity index (χ3n) is 5.57. The monoisotopic (exact) mass is 294 g/mol. The fourth-order valence-electron chi connectivity index (χ4n) is 4.05. The minimum Gasteiger partial charge on any atom is -0.362 e. The molecule has 114 valence electrons. The number of amidine groups is 1. The van der Waals surface area contributed by atoms with E-state index in [2.05, 4.69) is 12.2 Å². The van der Waals surface area contributed by atoms with Crippen LogP contribution in [0, 0.1) is 11.3 Å². The molecule has 20 heavy (non-hydrogen) atoms. The molecular weight excluding hydrogens is 264 g/mol. The molecule has 0 aromatic heterocycles. The molecule has 2 saturated carbocycles. The molecule has 0 bridgehead atoms. The summed E-state index contributed by atoms with van der Waals surface area (Å²) in [7, 11) is 0. The van der Waals surface area contributed by atoms with Crippen LogP contribution in [0.4, 0.5) is 0 Å². The fraction of sp³-hybridized carbons (Fsp3) is 0.941. The van der Waals surface area contributed by atoms with Crippen molar-refractivity contribution in [2.75, 3.05) is 12.3 Å². The molecule has 2 atom stereocenters. The smallest absolute Gasteiger partial charge is 0.156 e. The summed E-state index contributed by atoms with van der Waals surface area (Å²) in [5.74, 6) is 2.23. The first-order valence-electron chi connectivity index (χ1n) is 8.70. The molecule has 2 aliphatic carbocycles. The molecule has 1 spiro atoms. The predicted octanol–water partition coefficient (Wildman–Crippen LogP) is 4.60. The van der Waals surface area contributed by atoms with Crippen molar-refractivity contribution in [1.82, 2.24) is 5.32 Å². The van der Waals surface area contributed by atoms with Crippen molar-refractivity contribution in [1.29, 1.82) is 0 Å². The highest BCUT2D eigenvalue weighted by molar-refractivity contribution is 8.13. The molecule has 3 aliphatic rings. The Morgan fingerprint density at radius 2 is 1.90 bits per heavy atom. The third-order valence-corrected chi connectivity index (χ3v) is 6.85. The Kier molecular flexibility index (Phi) is 4.95. The van der Waals surface area contributed by atoms with Crippen LogP contribution in [0.3, 0.4) is 0 Å². The molecule has 1 heterocycles. The summed E-state index contributed by atoms with van der Waals surface area (Å²) in [6, 6.07) is 0.687. The molecule has 0 radical (unpaired) electrons. The Bertz CT molecular complexity index is 347. The number of thioether (sulfide) groups is 1. The molecular formula is C17H30N2S. The van der Waals surface area contributed by atoms with Crippen LogP contribution in [0.5, 0.6) is 0 Å². The van der Waals surface area contributed by atoms with Crippen LogP contribution in [0.2, 0.25) is 0 Å². The lowest BCUT2D eigenvalue weighted by molar-refractivity contribution is 0.232. The van der Waals surface area contributed by atoms with Crippen molar-refractivity contribution >= 4 is 16.9 Å². The summed E-state index contributed by atoms with van der Waals surface area (Å²) < 4.78 is 0. The van der Waals surface area contributed by atoms with Gasteiger partial charge in [-0.15, -0.1) is 0 Å². The van der Waals surface area contributed by atoms with Gasteiger partial charge in [-0.3, -0.25) is 4.99 Å². The third kappa shape index (κ3) is 3.72. The van der Waals surface area contributed by atoms with Crippen LogP contribution in [-0.2, 0) is 0 Å². The van der Waals surface area contributed by atoms with Gasteiger partial charge in [0.25, 0.3) is 0 Å². The minimum atomic E-state index is 0.562. The van der Waals surface area contributed by atoms with Crippen molar-refractivity contribution in [3.05, 3.63) is 0 Å². The lowest BCUT2D eigenvalue weighted by atomic mass is 9.75. The Morgan fingerprint density at radius 1 is 1.05 bits per heavy atom. The number of aliphatic imine (C=N–C) groups is 1. The quantitative estimate of drug-likeness (QED) is 0.715. The van der Waals surface area contributed by atoms with E-state index in [1.807, 2.05) is 11.8 Å². The number of rotatable bonds is 1. The van der Waals surface area contributed by atoms with Crippen molar-refractivity contribution in [3.63, 3.8) is 0 Å². The van der Waals surface area contributed by atoms with Gasteiger partial charge in [0.2, 0.25) is 0 Å². The average molecular weight is 295 g/mol. The van der Waals surface area contributed by atoms with E-state index in [-0.39, 0.29) is 0 Å². The van der Waals surface area contributed by atoms with E-state index in [1.54, 1.807) is 0 Å². The zero-order valence-electron chi connectivity index (χ0n) is 13.0.